The number of hydrogen-bond donors (Lipinski definition) is 6. The average molecular weight is 1110 g/mol. The van der Waals surface area contributed by atoms with Gasteiger partial charge in [0.15, 0.2) is 0 Å². The van der Waals surface area contributed by atoms with Crippen LogP contribution in [-0.4, -0.2) is 188 Å². The zero-order valence-electron chi connectivity index (χ0n) is 48.2. The fourth-order valence-electron chi connectivity index (χ4n) is 10.2. The number of ether oxygens (including phenoxy) is 6. The van der Waals surface area contributed by atoms with Crippen LogP contribution in [0, 0.1) is 0 Å². The van der Waals surface area contributed by atoms with E-state index in [4.69, 9.17) is 28.4 Å². The van der Waals surface area contributed by atoms with Crippen molar-refractivity contribution in [3.8, 4) is 34.5 Å². The highest BCUT2D eigenvalue weighted by Gasteiger charge is 2.19. The van der Waals surface area contributed by atoms with E-state index >= 15 is 0 Å². The van der Waals surface area contributed by atoms with Gasteiger partial charge in [-0.3, -0.25) is 14.7 Å². The van der Waals surface area contributed by atoms with E-state index < -0.39 is 18.3 Å². The molecule has 3 heterocycles. The Hall–Kier alpha value is -6.24. The molecule has 15 heteroatoms. The lowest BCUT2D eigenvalue weighted by molar-refractivity contribution is 0.0637. The standard InChI is InChI=1S/3C22H30N2O3/c3*1-26-21-7-4-5-18(15-21)9-10-19-6-2-3-8-22(19)27-17-20(25)16-24-13-11-23-12-14-24/h3*2-8,15,20,23,25H,9-14,16-17H2,1H3/t2*20-;/m10./s1. The summed E-state index contributed by atoms with van der Waals surface area (Å²) in [4.78, 5) is 6.83. The zero-order valence-corrected chi connectivity index (χ0v) is 48.2. The molecular weight excluding hydrogens is 1020 g/mol. The normalized spacial score (nSPS) is 16.1. The molecule has 0 bridgehead atoms. The number of nitrogens with zero attached hydrogens (tertiary/aromatic N) is 3. The molecule has 3 aliphatic rings. The van der Waals surface area contributed by atoms with Crippen molar-refractivity contribution in [3.63, 3.8) is 0 Å². The number of para-hydroxylation sites is 3. The molecule has 0 saturated carbocycles. The number of hydrogen-bond acceptors (Lipinski definition) is 15. The van der Waals surface area contributed by atoms with Crippen LogP contribution < -0.4 is 44.4 Å². The number of β-amino-alcohol motifs (C(OH)–C–C–N with tert-alkyl or cyclic N) is 3. The summed E-state index contributed by atoms with van der Waals surface area (Å²) in [5.74, 6) is 5.23. The van der Waals surface area contributed by atoms with Crippen molar-refractivity contribution >= 4 is 0 Å². The molecule has 438 valence electrons. The number of aliphatic hydroxyl groups is 3. The zero-order chi connectivity index (χ0) is 56.7. The summed E-state index contributed by atoms with van der Waals surface area (Å²) in [6, 6.07) is 48.8. The Balaban J connectivity index is 0.000000175. The van der Waals surface area contributed by atoms with Gasteiger partial charge in [-0.05, 0) is 127 Å². The topological polar surface area (TPSA) is 162 Å². The molecule has 81 heavy (non-hydrogen) atoms. The second-order valence-electron chi connectivity index (χ2n) is 20.9. The van der Waals surface area contributed by atoms with Crippen LogP contribution in [0.15, 0.2) is 146 Å². The number of piperazine rings is 3. The van der Waals surface area contributed by atoms with E-state index in [0.717, 1.165) is 168 Å². The number of rotatable bonds is 27. The molecule has 3 fully saturated rings. The number of methoxy groups -OCH3 is 3. The van der Waals surface area contributed by atoms with Gasteiger partial charge >= 0.3 is 0 Å². The van der Waals surface area contributed by atoms with Crippen LogP contribution in [0.25, 0.3) is 0 Å². The van der Waals surface area contributed by atoms with Crippen LogP contribution in [0.5, 0.6) is 34.5 Å². The average Bonchev–Trinajstić information content (AvgIpc) is 3.52. The second-order valence-corrected chi connectivity index (χ2v) is 20.9. The van der Waals surface area contributed by atoms with Crippen LogP contribution in [-0.2, 0) is 38.5 Å². The van der Waals surface area contributed by atoms with E-state index in [1.165, 1.54) is 16.7 Å². The minimum absolute atomic E-state index is 0.320. The third-order valence-corrected chi connectivity index (χ3v) is 14.7. The quantitative estimate of drug-likeness (QED) is 0.0337. The fraction of sp³-hybridized carbons (Fsp3) is 0.455. The Bertz CT molecular complexity index is 2390. The van der Waals surface area contributed by atoms with E-state index in [2.05, 4.69) is 85.2 Å². The summed E-state index contributed by atoms with van der Waals surface area (Å²) in [5.41, 5.74) is 7.20. The Labute approximate surface area is 482 Å². The third-order valence-electron chi connectivity index (χ3n) is 14.7. The van der Waals surface area contributed by atoms with Gasteiger partial charge in [-0.2, -0.15) is 0 Å². The first-order valence-electron chi connectivity index (χ1n) is 29.1. The van der Waals surface area contributed by atoms with Gasteiger partial charge in [-0.25, -0.2) is 0 Å². The van der Waals surface area contributed by atoms with Gasteiger partial charge in [0, 0.05) is 98.2 Å². The first-order valence-corrected chi connectivity index (χ1v) is 29.1. The highest BCUT2D eigenvalue weighted by molar-refractivity contribution is 5.38. The van der Waals surface area contributed by atoms with Crippen molar-refractivity contribution in [2.75, 3.05) is 139 Å². The second kappa shape index (κ2) is 35.6. The first-order chi connectivity index (χ1) is 39.7. The maximum atomic E-state index is 10.3. The molecule has 6 N–H and O–H groups in total. The van der Waals surface area contributed by atoms with Crippen molar-refractivity contribution < 1.29 is 43.7 Å². The van der Waals surface area contributed by atoms with Crippen molar-refractivity contribution in [2.24, 2.45) is 0 Å². The summed E-state index contributed by atoms with van der Waals surface area (Å²) < 4.78 is 33.8. The molecule has 15 nitrogen and oxygen atoms in total. The Morgan fingerprint density at radius 2 is 0.630 bits per heavy atom. The molecule has 6 aromatic carbocycles. The van der Waals surface area contributed by atoms with Gasteiger partial charge < -0.3 is 59.7 Å². The van der Waals surface area contributed by atoms with Gasteiger partial charge in [0.25, 0.3) is 0 Å². The first kappa shape index (κ1) is 62.4. The number of nitrogens with one attached hydrogen (secondary N) is 3. The molecule has 0 radical (unpaired) electrons. The lowest BCUT2D eigenvalue weighted by atomic mass is 10.0. The van der Waals surface area contributed by atoms with E-state index in [1.54, 1.807) is 21.3 Å². The van der Waals surface area contributed by atoms with Crippen molar-refractivity contribution in [1.82, 2.24) is 30.7 Å². The van der Waals surface area contributed by atoms with Crippen LogP contribution >= 0.6 is 0 Å². The molecule has 1 unspecified atom stereocenters. The molecule has 0 spiro atoms. The van der Waals surface area contributed by atoms with E-state index in [1.807, 2.05) is 91.0 Å². The van der Waals surface area contributed by atoms with E-state index in [0.29, 0.717) is 39.5 Å². The maximum absolute atomic E-state index is 10.3. The van der Waals surface area contributed by atoms with E-state index in [-0.39, 0.29) is 0 Å². The molecule has 3 atom stereocenters. The van der Waals surface area contributed by atoms with Crippen LogP contribution in [0.1, 0.15) is 33.4 Å². The number of benzene rings is 6. The predicted molar refractivity (Wildman–Crippen MR) is 323 cm³/mol. The highest BCUT2D eigenvalue weighted by atomic mass is 16.5. The number of aryl methyl sites for hydroxylation is 6. The molecule has 6 aromatic rings. The third kappa shape index (κ3) is 22.9. The van der Waals surface area contributed by atoms with Gasteiger partial charge in [0.1, 0.15) is 72.6 Å². The van der Waals surface area contributed by atoms with E-state index in [9.17, 15) is 15.3 Å². The largest absolute Gasteiger partial charge is 0.497 e. The predicted octanol–water partition coefficient (Wildman–Crippen LogP) is 6.38. The molecule has 0 aromatic heterocycles. The summed E-state index contributed by atoms with van der Waals surface area (Å²) in [6.45, 7) is 14.7. The summed E-state index contributed by atoms with van der Waals surface area (Å²) >= 11 is 0. The van der Waals surface area contributed by atoms with Crippen molar-refractivity contribution in [2.45, 2.75) is 56.8 Å². The fourth-order valence-corrected chi connectivity index (χ4v) is 10.2. The summed E-state index contributed by atoms with van der Waals surface area (Å²) in [7, 11) is 5.07. The lowest BCUT2D eigenvalue weighted by Gasteiger charge is -2.29. The summed E-state index contributed by atoms with van der Waals surface area (Å²) in [5, 5.41) is 40.9. The summed E-state index contributed by atoms with van der Waals surface area (Å²) in [6.07, 6.45) is 3.98. The van der Waals surface area contributed by atoms with Gasteiger partial charge in [-0.1, -0.05) is 91.0 Å². The monoisotopic (exact) mass is 1110 g/mol. The van der Waals surface area contributed by atoms with Crippen molar-refractivity contribution in [1.29, 1.82) is 0 Å². The van der Waals surface area contributed by atoms with Gasteiger partial charge in [-0.15, -0.1) is 0 Å². The SMILES string of the molecule is COc1cccc(CCc2ccccc2OCC(O)CN2CCNCC2)c1.COc1cccc(CCc2ccccc2OC[C@@H](O)CN2CCNCC2)c1.COc1cccc(CCc2ccccc2OC[C@H](O)CN2CCNCC2)c1. The Morgan fingerprint density at radius 1 is 0.358 bits per heavy atom. The maximum Gasteiger partial charge on any atom is 0.122 e. The van der Waals surface area contributed by atoms with Crippen molar-refractivity contribution in [3.05, 3.63) is 179 Å². The van der Waals surface area contributed by atoms with Gasteiger partial charge in [0.05, 0.1) is 21.3 Å². The smallest absolute Gasteiger partial charge is 0.122 e. The molecule has 3 saturated heterocycles. The Morgan fingerprint density at radius 3 is 0.901 bits per heavy atom. The molecule has 0 amide bonds. The van der Waals surface area contributed by atoms with Crippen LogP contribution in [0.3, 0.4) is 0 Å². The highest BCUT2D eigenvalue weighted by Crippen LogP contribution is 2.25. The van der Waals surface area contributed by atoms with Gasteiger partial charge in [0.2, 0.25) is 0 Å². The molecule has 9 rings (SSSR count). The minimum Gasteiger partial charge on any atom is -0.497 e. The Kier molecular flexibility index (Phi) is 27.4. The van der Waals surface area contributed by atoms with Crippen LogP contribution in [0.4, 0.5) is 0 Å². The van der Waals surface area contributed by atoms with Crippen LogP contribution in [0.2, 0.25) is 0 Å². The number of aliphatic hydroxyl groups excluding tert-OH is 3. The lowest BCUT2D eigenvalue weighted by Crippen LogP contribution is -2.47. The molecule has 0 aliphatic carbocycles. The minimum atomic E-state index is -0.477. The molecule has 3 aliphatic heterocycles. The molecular formula is C66H90N6O9.